The summed E-state index contributed by atoms with van der Waals surface area (Å²) in [4.78, 5) is 28.3. The molecule has 3 rings (SSSR count). The van der Waals surface area contributed by atoms with Crippen molar-refractivity contribution in [3.63, 3.8) is 0 Å². The SMILES string of the molecule is CC1CCN(C2CC(=O)N(c3ccc(Cl)cc3)C2=O)CC1. The molecule has 21 heavy (non-hydrogen) atoms. The van der Waals surface area contributed by atoms with Gasteiger partial charge in [-0.1, -0.05) is 18.5 Å². The molecule has 2 amide bonds. The maximum atomic E-state index is 12.6. The van der Waals surface area contributed by atoms with Crippen LogP contribution in [0.25, 0.3) is 0 Å². The molecule has 4 nitrogen and oxygen atoms in total. The van der Waals surface area contributed by atoms with Crippen LogP contribution in [0.15, 0.2) is 24.3 Å². The molecule has 2 fully saturated rings. The van der Waals surface area contributed by atoms with Crippen LogP contribution >= 0.6 is 11.6 Å². The van der Waals surface area contributed by atoms with Gasteiger partial charge in [0.1, 0.15) is 0 Å². The Kier molecular flexibility index (Phi) is 4.00. The summed E-state index contributed by atoms with van der Waals surface area (Å²) >= 11 is 5.86. The molecular weight excluding hydrogens is 288 g/mol. The second-order valence-electron chi connectivity index (χ2n) is 5.98. The molecule has 5 heteroatoms. The number of amides is 2. The summed E-state index contributed by atoms with van der Waals surface area (Å²) in [5.41, 5.74) is 0.613. The predicted octanol–water partition coefficient (Wildman–Crippen LogP) is 2.70. The molecule has 2 heterocycles. The van der Waals surface area contributed by atoms with Crippen molar-refractivity contribution in [2.45, 2.75) is 32.2 Å². The van der Waals surface area contributed by atoms with E-state index in [4.69, 9.17) is 11.6 Å². The summed E-state index contributed by atoms with van der Waals surface area (Å²) in [7, 11) is 0. The van der Waals surface area contributed by atoms with E-state index in [9.17, 15) is 9.59 Å². The molecule has 2 saturated heterocycles. The van der Waals surface area contributed by atoms with Crippen molar-refractivity contribution in [3.8, 4) is 0 Å². The predicted molar refractivity (Wildman–Crippen MR) is 82.3 cm³/mol. The van der Waals surface area contributed by atoms with E-state index in [1.165, 1.54) is 4.90 Å². The van der Waals surface area contributed by atoms with Gasteiger partial charge < -0.3 is 0 Å². The van der Waals surface area contributed by atoms with Crippen LogP contribution in [0.3, 0.4) is 0 Å². The zero-order valence-corrected chi connectivity index (χ0v) is 12.8. The molecule has 0 bridgehead atoms. The summed E-state index contributed by atoms with van der Waals surface area (Å²) in [5.74, 6) is 0.489. The van der Waals surface area contributed by atoms with Gasteiger partial charge in [0.25, 0.3) is 5.91 Å². The Morgan fingerprint density at radius 3 is 2.33 bits per heavy atom. The number of likely N-dealkylation sites (tertiary alicyclic amines) is 1. The van der Waals surface area contributed by atoms with E-state index in [1.54, 1.807) is 24.3 Å². The van der Waals surface area contributed by atoms with Gasteiger partial charge in [-0.2, -0.15) is 0 Å². The number of rotatable bonds is 2. The number of imide groups is 1. The first-order valence-corrected chi connectivity index (χ1v) is 7.80. The normalized spacial score (nSPS) is 24.9. The third kappa shape index (κ3) is 2.83. The van der Waals surface area contributed by atoms with Crippen molar-refractivity contribution in [3.05, 3.63) is 29.3 Å². The van der Waals surface area contributed by atoms with Crippen LogP contribution in [0.5, 0.6) is 0 Å². The Morgan fingerprint density at radius 1 is 1.10 bits per heavy atom. The minimum Gasteiger partial charge on any atom is -0.292 e. The van der Waals surface area contributed by atoms with Crippen LogP contribution in [0, 0.1) is 5.92 Å². The number of hydrogen-bond acceptors (Lipinski definition) is 3. The summed E-state index contributed by atoms with van der Waals surface area (Å²) < 4.78 is 0. The van der Waals surface area contributed by atoms with Gasteiger partial charge in [-0.15, -0.1) is 0 Å². The van der Waals surface area contributed by atoms with Crippen molar-refractivity contribution < 1.29 is 9.59 Å². The van der Waals surface area contributed by atoms with Crippen LogP contribution < -0.4 is 4.90 Å². The van der Waals surface area contributed by atoms with Crippen LogP contribution in [0.1, 0.15) is 26.2 Å². The van der Waals surface area contributed by atoms with Crippen molar-refractivity contribution in [1.82, 2.24) is 4.90 Å². The highest BCUT2D eigenvalue weighted by molar-refractivity contribution is 6.30. The molecule has 112 valence electrons. The molecule has 2 aliphatic rings. The molecule has 0 spiro atoms. The quantitative estimate of drug-likeness (QED) is 0.789. The number of anilines is 1. The lowest BCUT2D eigenvalue weighted by Crippen LogP contribution is -2.45. The minimum atomic E-state index is -0.291. The zero-order chi connectivity index (χ0) is 15.0. The fourth-order valence-electron chi connectivity index (χ4n) is 3.10. The number of hydrogen-bond donors (Lipinski definition) is 0. The average molecular weight is 307 g/mol. The zero-order valence-electron chi connectivity index (χ0n) is 12.1. The number of carbonyl (C=O) groups excluding carboxylic acids is 2. The van der Waals surface area contributed by atoms with Crippen molar-refractivity contribution in [2.24, 2.45) is 5.92 Å². The summed E-state index contributed by atoms with van der Waals surface area (Å²) in [6.45, 7) is 4.04. The maximum Gasteiger partial charge on any atom is 0.251 e. The smallest absolute Gasteiger partial charge is 0.251 e. The molecule has 1 unspecified atom stereocenters. The van der Waals surface area contributed by atoms with E-state index in [0.29, 0.717) is 16.6 Å². The van der Waals surface area contributed by atoms with Crippen molar-refractivity contribution in [1.29, 1.82) is 0 Å². The molecule has 0 aliphatic carbocycles. The first-order chi connectivity index (χ1) is 10.1. The van der Waals surface area contributed by atoms with Crippen molar-refractivity contribution >= 4 is 29.1 Å². The largest absolute Gasteiger partial charge is 0.292 e. The van der Waals surface area contributed by atoms with E-state index in [0.717, 1.165) is 25.9 Å². The minimum absolute atomic E-state index is 0.100. The van der Waals surface area contributed by atoms with Crippen molar-refractivity contribution in [2.75, 3.05) is 18.0 Å². The molecular formula is C16H19ClN2O2. The molecule has 1 aromatic carbocycles. The highest BCUT2D eigenvalue weighted by Gasteiger charge is 2.43. The van der Waals surface area contributed by atoms with E-state index in [2.05, 4.69) is 11.8 Å². The van der Waals surface area contributed by atoms with Crippen LogP contribution in [0.2, 0.25) is 5.02 Å². The van der Waals surface area contributed by atoms with Crippen LogP contribution in [-0.4, -0.2) is 35.8 Å². The monoisotopic (exact) mass is 306 g/mol. The second kappa shape index (κ2) is 5.78. The highest BCUT2D eigenvalue weighted by Crippen LogP contribution is 2.29. The number of piperidine rings is 1. The molecule has 0 saturated carbocycles. The molecule has 1 aromatic rings. The Morgan fingerprint density at radius 2 is 1.71 bits per heavy atom. The van der Waals surface area contributed by atoms with Crippen LogP contribution in [0.4, 0.5) is 5.69 Å². The lowest BCUT2D eigenvalue weighted by Gasteiger charge is -2.33. The third-order valence-corrected chi connectivity index (χ3v) is 4.72. The van der Waals surface area contributed by atoms with Gasteiger partial charge in [-0.25, -0.2) is 4.90 Å². The van der Waals surface area contributed by atoms with Gasteiger partial charge >= 0.3 is 0 Å². The fourth-order valence-corrected chi connectivity index (χ4v) is 3.23. The number of benzene rings is 1. The van der Waals surface area contributed by atoms with Gasteiger partial charge in [0.15, 0.2) is 0 Å². The highest BCUT2D eigenvalue weighted by atomic mass is 35.5. The van der Waals surface area contributed by atoms with Gasteiger partial charge in [-0.3, -0.25) is 14.5 Å². The Labute approximate surface area is 129 Å². The molecule has 0 aromatic heterocycles. The Balaban J connectivity index is 1.77. The average Bonchev–Trinajstić information content (AvgIpc) is 2.76. The number of nitrogens with zero attached hydrogens (tertiary/aromatic N) is 2. The Hall–Kier alpha value is -1.39. The van der Waals surface area contributed by atoms with Gasteiger partial charge in [-0.05, 0) is 56.1 Å². The van der Waals surface area contributed by atoms with Crippen LogP contribution in [-0.2, 0) is 9.59 Å². The van der Waals surface area contributed by atoms with E-state index in [-0.39, 0.29) is 24.3 Å². The lowest BCUT2D eigenvalue weighted by atomic mass is 9.97. The molecule has 1 atom stereocenters. The molecule has 0 radical (unpaired) electrons. The first-order valence-electron chi connectivity index (χ1n) is 7.42. The van der Waals surface area contributed by atoms with E-state index in [1.807, 2.05) is 0 Å². The number of carbonyl (C=O) groups is 2. The first kappa shape index (κ1) is 14.5. The van der Waals surface area contributed by atoms with Gasteiger partial charge in [0.05, 0.1) is 18.2 Å². The van der Waals surface area contributed by atoms with Gasteiger partial charge in [0.2, 0.25) is 5.91 Å². The van der Waals surface area contributed by atoms with E-state index < -0.39 is 0 Å². The maximum absolute atomic E-state index is 12.6. The summed E-state index contributed by atoms with van der Waals surface area (Å²) in [5, 5.41) is 0.597. The third-order valence-electron chi connectivity index (χ3n) is 4.47. The van der Waals surface area contributed by atoms with E-state index >= 15 is 0 Å². The molecule has 0 N–H and O–H groups in total. The Bertz CT molecular complexity index is 550. The molecule has 2 aliphatic heterocycles. The topological polar surface area (TPSA) is 40.6 Å². The second-order valence-corrected chi connectivity index (χ2v) is 6.42. The van der Waals surface area contributed by atoms with Gasteiger partial charge in [0, 0.05) is 5.02 Å². The summed E-state index contributed by atoms with van der Waals surface area (Å²) in [6.07, 6.45) is 2.48. The standard InChI is InChI=1S/C16H19ClN2O2/c1-11-6-8-18(9-7-11)14-10-15(20)19(16(14)21)13-4-2-12(17)3-5-13/h2-5,11,14H,6-10H2,1H3. The fraction of sp³-hybridized carbons (Fsp3) is 0.500. The summed E-state index contributed by atoms with van der Waals surface area (Å²) in [6, 6.07) is 6.55. The lowest BCUT2D eigenvalue weighted by molar-refractivity contribution is -0.123. The number of halogens is 1.